The molecule has 0 spiro atoms. The fourth-order valence-corrected chi connectivity index (χ4v) is 3.73. The van der Waals surface area contributed by atoms with Gasteiger partial charge in [-0.3, -0.25) is 24.0 Å². The first-order valence-corrected chi connectivity index (χ1v) is 12.0. The first-order chi connectivity index (χ1) is 17.5. The lowest BCUT2D eigenvalue weighted by Gasteiger charge is -2.24. The Morgan fingerprint density at radius 2 is 1.62 bits per heavy atom. The highest BCUT2D eigenvalue weighted by Gasteiger charge is 2.30. The average Bonchev–Trinajstić information content (AvgIpc) is 3.25. The smallest absolute Gasteiger partial charge is 0.325 e. The van der Waals surface area contributed by atoms with Crippen molar-refractivity contribution in [1.29, 1.82) is 0 Å². The molecule has 0 saturated carbocycles. The molecule has 13 heteroatoms. The van der Waals surface area contributed by atoms with Crippen LogP contribution >= 0.6 is 0 Å². The number of para-hydroxylation sites is 1. The predicted octanol–water partition coefficient (Wildman–Crippen LogP) is -1.40. The average molecular weight is 518 g/mol. The van der Waals surface area contributed by atoms with Crippen LogP contribution in [0.2, 0.25) is 0 Å². The van der Waals surface area contributed by atoms with Crippen molar-refractivity contribution in [2.75, 3.05) is 6.54 Å². The molecule has 13 nitrogen and oxygen atoms in total. The number of nitrogens with two attached hydrogens (primary N) is 3. The van der Waals surface area contributed by atoms with E-state index in [9.17, 15) is 24.0 Å². The number of H-pyrrole nitrogens is 1. The van der Waals surface area contributed by atoms with Crippen LogP contribution in [0.5, 0.6) is 0 Å². The van der Waals surface area contributed by atoms with E-state index in [0.29, 0.717) is 19.4 Å². The minimum absolute atomic E-state index is 0.165. The maximum Gasteiger partial charge on any atom is 0.325 e. The number of carboxylic acids is 1. The van der Waals surface area contributed by atoms with Crippen LogP contribution in [0.25, 0.3) is 10.9 Å². The summed E-state index contributed by atoms with van der Waals surface area (Å²) in [6, 6.07) is 2.76. The monoisotopic (exact) mass is 517 g/mol. The number of carboxylic acid groups (broad SMARTS) is 1. The molecule has 37 heavy (non-hydrogen) atoms. The molecular formula is C24H35N7O6. The van der Waals surface area contributed by atoms with Gasteiger partial charge in [0.15, 0.2) is 0 Å². The number of unbranched alkanes of at least 4 members (excludes halogenated alkanes) is 1. The molecule has 0 aliphatic carbocycles. The molecule has 0 saturated heterocycles. The number of amides is 4. The molecule has 4 atom stereocenters. The van der Waals surface area contributed by atoms with Crippen LogP contribution < -0.4 is 33.2 Å². The summed E-state index contributed by atoms with van der Waals surface area (Å²) in [4.78, 5) is 64.3. The highest BCUT2D eigenvalue weighted by molar-refractivity contribution is 5.96. The zero-order valence-electron chi connectivity index (χ0n) is 20.7. The summed E-state index contributed by atoms with van der Waals surface area (Å²) >= 11 is 0. The number of fused-ring (bicyclic) bond motifs is 1. The molecule has 202 valence electrons. The van der Waals surface area contributed by atoms with Crippen molar-refractivity contribution >= 4 is 40.5 Å². The largest absolute Gasteiger partial charge is 0.480 e. The first kappa shape index (κ1) is 29.3. The van der Waals surface area contributed by atoms with E-state index in [1.807, 2.05) is 24.3 Å². The van der Waals surface area contributed by atoms with Crippen molar-refractivity contribution in [1.82, 2.24) is 20.9 Å². The first-order valence-electron chi connectivity index (χ1n) is 12.0. The molecule has 0 aliphatic rings. The van der Waals surface area contributed by atoms with E-state index in [4.69, 9.17) is 22.3 Å². The van der Waals surface area contributed by atoms with Crippen LogP contribution in [0.15, 0.2) is 30.5 Å². The molecule has 1 aromatic carbocycles. The van der Waals surface area contributed by atoms with Crippen molar-refractivity contribution in [3.05, 3.63) is 36.0 Å². The molecule has 11 N–H and O–H groups in total. The molecule has 2 rings (SSSR count). The number of aromatic nitrogens is 1. The molecule has 0 fully saturated rings. The second kappa shape index (κ2) is 13.9. The summed E-state index contributed by atoms with van der Waals surface area (Å²) in [5.41, 5.74) is 18.6. The number of carbonyl (C=O) groups is 5. The molecule has 1 heterocycles. The molecule has 0 aliphatic heterocycles. The fraction of sp³-hybridized carbons (Fsp3) is 0.458. The third-order valence-corrected chi connectivity index (χ3v) is 5.80. The van der Waals surface area contributed by atoms with Gasteiger partial charge >= 0.3 is 5.97 Å². The van der Waals surface area contributed by atoms with Crippen LogP contribution in [0.3, 0.4) is 0 Å². The number of hydrogen-bond acceptors (Lipinski definition) is 7. The van der Waals surface area contributed by atoms with E-state index in [0.717, 1.165) is 16.5 Å². The van der Waals surface area contributed by atoms with Gasteiger partial charge in [0, 0.05) is 17.1 Å². The zero-order chi connectivity index (χ0) is 27.5. The number of aliphatic carboxylic acids is 1. The van der Waals surface area contributed by atoms with Crippen LogP contribution in [-0.4, -0.2) is 70.4 Å². The Labute approximate surface area is 213 Å². The molecule has 4 amide bonds. The lowest BCUT2D eigenvalue weighted by molar-refractivity contribution is -0.142. The highest BCUT2D eigenvalue weighted by Crippen LogP contribution is 2.18. The Bertz CT molecular complexity index is 1120. The summed E-state index contributed by atoms with van der Waals surface area (Å²) in [5.74, 6) is -4.34. The van der Waals surface area contributed by atoms with Crippen LogP contribution in [0.1, 0.15) is 38.2 Å². The SMILES string of the molecule is CC(NC(=O)C(CCCCN)NC(=O)C(CC(N)=O)NC(=O)C(N)Cc1c[nH]c2ccccc12)C(=O)O. The Kier molecular flexibility index (Phi) is 11.0. The number of hydrogen-bond donors (Lipinski definition) is 8. The van der Waals surface area contributed by atoms with Gasteiger partial charge in [-0.1, -0.05) is 18.2 Å². The summed E-state index contributed by atoms with van der Waals surface area (Å²) < 4.78 is 0. The molecule has 2 aromatic rings. The van der Waals surface area contributed by atoms with Gasteiger partial charge in [-0.05, 0) is 50.8 Å². The van der Waals surface area contributed by atoms with E-state index in [1.54, 1.807) is 6.20 Å². The molecule has 0 radical (unpaired) electrons. The summed E-state index contributed by atoms with van der Waals surface area (Å²) in [7, 11) is 0. The van der Waals surface area contributed by atoms with Gasteiger partial charge in [0.2, 0.25) is 23.6 Å². The normalized spacial score (nSPS) is 14.2. The third-order valence-electron chi connectivity index (χ3n) is 5.80. The van der Waals surface area contributed by atoms with Crippen LogP contribution in [-0.2, 0) is 30.4 Å². The van der Waals surface area contributed by atoms with Gasteiger partial charge in [-0.2, -0.15) is 0 Å². The van der Waals surface area contributed by atoms with Gasteiger partial charge in [0.05, 0.1) is 12.5 Å². The van der Waals surface area contributed by atoms with E-state index in [-0.39, 0.29) is 12.8 Å². The van der Waals surface area contributed by atoms with Crippen LogP contribution in [0.4, 0.5) is 0 Å². The topological polar surface area (TPSA) is 236 Å². The van der Waals surface area contributed by atoms with Gasteiger partial charge in [0.1, 0.15) is 18.1 Å². The van der Waals surface area contributed by atoms with Gasteiger partial charge in [-0.15, -0.1) is 0 Å². The quantitative estimate of drug-likeness (QED) is 0.130. The standard InChI is InChI=1S/C24H35N7O6/c1-13(24(36)37)29-22(34)18(8-4-5-9-25)30-23(35)19(11-20(27)32)31-21(33)16(26)10-14-12-28-17-7-3-2-6-15(14)17/h2-3,6-7,12-13,16,18-19,28H,4-5,8-11,25-26H2,1H3,(H2,27,32)(H,29,34)(H,30,35)(H,31,33)(H,36,37). The summed E-state index contributed by atoms with van der Waals surface area (Å²) in [6.07, 6.45) is 2.58. The number of benzene rings is 1. The van der Waals surface area contributed by atoms with Crippen molar-refractivity contribution in [2.24, 2.45) is 17.2 Å². The lowest BCUT2D eigenvalue weighted by atomic mass is 10.0. The maximum absolute atomic E-state index is 13.0. The molecular weight excluding hydrogens is 482 g/mol. The van der Waals surface area contributed by atoms with E-state index in [1.165, 1.54) is 6.92 Å². The van der Waals surface area contributed by atoms with Gasteiger partial charge in [0.25, 0.3) is 0 Å². The van der Waals surface area contributed by atoms with Gasteiger partial charge in [-0.25, -0.2) is 0 Å². The summed E-state index contributed by atoms with van der Waals surface area (Å²) in [6.45, 7) is 1.65. The van der Waals surface area contributed by atoms with E-state index >= 15 is 0 Å². The Balaban J connectivity index is 2.10. The number of aromatic amines is 1. The highest BCUT2D eigenvalue weighted by atomic mass is 16.4. The van der Waals surface area contributed by atoms with Crippen molar-refractivity contribution in [2.45, 2.75) is 63.2 Å². The molecule has 0 bridgehead atoms. The number of primary amides is 1. The molecule has 4 unspecified atom stereocenters. The van der Waals surface area contributed by atoms with Gasteiger partial charge < -0.3 is 43.2 Å². The number of rotatable bonds is 15. The minimum atomic E-state index is -1.39. The Hall–Kier alpha value is -3.97. The Morgan fingerprint density at radius 3 is 2.27 bits per heavy atom. The maximum atomic E-state index is 13.0. The Morgan fingerprint density at radius 1 is 0.973 bits per heavy atom. The van der Waals surface area contributed by atoms with Crippen molar-refractivity contribution in [3.8, 4) is 0 Å². The summed E-state index contributed by atoms with van der Waals surface area (Å²) in [5, 5.41) is 17.2. The number of carbonyl (C=O) groups excluding carboxylic acids is 4. The zero-order valence-corrected chi connectivity index (χ0v) is 20.7. The second-order valence-electron chi connectivity index (χ2n) is 8.82. The predicted molar refractivity (Wildman–Crippen MR) is 136 cm³/mol. The van der Waals surface area contributed by atoms with E-state index in [2.05, 4.69) is 20.9 Å². The van der Waals surface area contributed by atoms with E-state index < -0.39 is 60.2 Å². The molecule has 1 aromatic heterocycles. The third kappa shape index (κ3) is 8.88. The van der Waals surface area contributed by atoms with Crippen LogP contribution in [0, 0.1) is 0 Å². The number of nitrogens with one attached hydrogen (secondary N) is 4. The van der Waals surface area contributed by atoms with Crippen molar-refractivity contribution in [3.63, 3.8) is 0 Å². The second-order valence-corrected chi connectivity index (χ2v) is 8.82. The minimum Gasteiger partial charge on any atom is -0.480 e. The van der Waals surface area contributed by atoms with Crippen molar-refractivity contribution < 1.29 is 29.1 Å². The lowest BCUT2D eigenvalue weighted by Crippen LogP contribution is -2.57. The fourth-order valence-electron chi connectivity index (χ4n) is 3.73.